The number of carbonyl (C=O) groups excluding carboxylic acids is 1. The molecule has 1 N–H and O–H groups in total. The lowest BCUT2D eigenvalue weighted by atomic mass is 10.2. The van der Waals surface area contributed by atoms with Crippen LogP contribution in [-0.4, -0.2) is 63.9 Å². The highest BCUT2D eigenvalue weighted by molar-refractivity contribution is 7.89. The van der Waals surface area contributed by atoms with Crippen LogP contribution in [0.1, 0.15) is 10.4 Å². The van der Waals surface area contributed by atoms with Crippen LogP contribution in [0.5, 0.6) is 0 Å². The zero-order valence-electron chi connectivity index (χ0n) is 12.4. The van der Waals surface area contributed by atoms with Gasteiger partial charge in [-0.3, -0.25) is 4.79 Å². The summed E-state index contributed by atoms with van der Waals surface area (Å²) in [7, 11) is -1.60. The number of terminal acetylenes is 1. The maximum absolute atomic E-state index is 12.4. The molecule has 0 bridgehead atoms. The lowest BCUT2D eigenvalue weighted by Crippen LogP contribution is -2.47. The van der Waals surface area contributed by atoms with E-state index >= 15 is 0 Å². The molecule has 118 valence electrons. The predicted octanol–water partition coefficient (Wildman–Crippen LogP) is -0.0143. The summed E-state index contributed by atoms with van der Waals surface area (Å²) in [5.74, 6) is 2.14. The van der Waals surface area contributed by atoms with E-state index in [4.69, 9.17) is 6.42 Å². The van der Waals surface area contributed by atoms with Gasteiger partial charge in [0.2, 0.25) is 10.0 Å². The third-order valence-corrected chi connectivity index (χ3v) is 4.98. The van der Waals surface area contributed by atoms with E-state index in [1.165, 1.54) is 24.3 Å². The summed E-state index contributed by atoms with van der Waals surface area (Å²) in [5.41, 5.74) is 0.487. The maximum atomic E-state index is 12.4. The quantitative estimate of drug-likeness (QED) is 0.792. The molecule has 1 heterocycles. The van der Waals surface area contributed by atoms with Gasteiger partial charge in [0.05, 0.1) is 11.4 Å². The predicted molar refractivity (Wildman–Crippen MR) is 83.9 cm³/mol. The van der Waals surface area contributed by atoms with Crippen LogP contribution in [0, 0.1) is 12.3 Å². The number of piperazine rings is 1. The van der Waals surface area contributed by atoms with Gasteiger partial charge in [-0.15, -0.1) is 6.42 Å². The topological polar surface area (TPSA) is 69.7 Å². The number of hydrogen-bond acceptors (Lipinski definition) is 4. The number of benzene rings is 1. The summed E-state index contributed by atoms with van der Waals surface area (Å²) in [6, 6.07) is 5.90. The first-order chi connectivity index (χ1) is 10.4. The number of hydrogen-bond donors (Lipinski definition) is 1. The van der Waals surface area contributed by atoms with Gasteiger partial charge in [-0.05, 0) is 31.3 Å². The van der Waals surface area contributed by atoms with Crippen molar-refractivity contribution in [2.45, 2.75) is 4.90 Å². The van der Waals surface area contributed by atoms with Gasteiger partial charge in [-0.1, -0.05) is 5.92 Å². The molecule has 0 unspecified atom stereocenters. The molecule has 1 aromatic carbocycles. The molecule has 1 aromatic rings. The molecule has 1 fully saturated rings. The Hall–Kier alpha value is -1.88. The highest BCUT2D eigenvalue weighted by atomic mass is 32.2. The molecule has 0 atom stereocenters. The Balaban J connectivity index is 2.09. The zero-order valence-corrected chi connectivity index (χ0v) is 13.3. The number of nitrogens with one attached hydrogen (secondary N) is 1. The second kappa shape index (κ2) is 6.92. The summed E-state index contributed by atoms with van der Waals surface area (Å²) < 4.78 is 26.1. The smallest absolute Gasteiger partial charge is 0.253 e. The molecule has 1 aliphatic rings. The van der Waals surface area contributed by atoms with Gasteiger partial charge in [-0.25, -0.2) is 8.42 Å². The van der Waals surface area contributed by atoms with Crippen LogP contribution in [0.3, 0.4) is 0 Å². The van der Waals surface area contributed by atoms with Crippen LogP contribution in [0.15, 0.2) is 29.2 Å². The maximum Gasteiger partial charge on any atom is 0.253 e. The molecule has 7 heteroatoms. The number of rotatable bonds is 4. The van der Waals surface area contributed by atoms with Gasteiger partial charge >= 0.3 is 0 Å². The molecule has 22 heavy (non-hydrogen) atoms. The Labute approximate surface area is 131 Å². The monoisotopic (exact) mass is 321 g/mol. The fourth-order valence-electron chi connectivity index (χ4n) is 2.19. The minimum Gasteiger partial charge on any atom is -0.336 e. The first-order valence-corrected chi connectivity index (χ1v) is 8.43. The molecule has 0 spiro atoms. The highest BCUT2D eigenvalue weighted by Gasteiger charge is 2.21. The van der Waals surface area contributed by atoms with E-state index in [2.05, 4.69) is 15.5 Å². The van der Waals surface area contributed by atoms with E-state index in [1.54, 1.807) is 4.90 Å². The van der Waals surface area contributed by atoms with E-state index in [0.29, 0.717) is 18.7 Å². The number of amides is 1. The zero-order chi connectivity index (χ0) is 16.2. The Morgan fingerprint density at radius 3 is 2.36 bits per heavy atom. The van der Waals surface area contributed by atoms with Gasteiger partial charge < -0.3 is 9.80 Å². The van der Waals surface area contributed by atoms with Crippen molar-refractivity contribution in [3.63, 3.8) is 0 Å². The molecule has 2 rings (SSSR count). The molecule has 0 aromatic heterocycles. The van der Waals surface area contributed by atoms with Crippen molar-refractivity contribution in [1.82, 2.24) is 14.5 Å². The van der Waals surface area contributed by atoms with Crippen molar-refractivity contribution in [1.29, 1.82) is 0 Å². The largest absolute Gasteiger partial charge is 0.336 e. The molecule has 0 radical (unpaired) electrons. The molecule has 1 amide bonds. The average molecular weight is 321 g/mol. The van der Waals surface area contributed by atoms with E-state index in [-0.39, 0.29) is 17.3 Å². The molecule has 0 saturated carbocycles. The minimum absolute atomic E-state index is 0.0652. The van der Waals surface area contributed by atoms with Gasteiger partial charge in [-0.2, -0.15) is 4.72 Å². The first kappa shape index (κ1) is 16.5. The summed E-state index contributed by atoms with van der Waals surface area (Å²) in [5, 5.41) is 0. The van der Waals surface area contributed by atoms with Crippen LogP contribution in [0.2, 0.25) is 0 Å². The number of nitrogens with zero attached hydrogens (tertiary/aromatic N) is 2. The van der Waals surface area contributed by atoms with Crippen LogP contribution < -0.4 is 4.72 Å². The third kappa shape index (κ3) is 3.85. The molecule has 1 aliphatic heterocycles. The summed E-state index contributed by atoms with van der Waals surface area (Å²) >= 11 is 0. The average Bonchev–Trinajstić information content (AvgIpc) is 2.53. The van der Waals surface area contributed by atoms with Crippen molar-refractivity contribution in [3.8, 4) is 12.3 Å². The van der Waals surface area contributed by atoms with Gasteiger partial charge in [0.15, 0.2) is 0 Å². The Kier molecular flexibility index (Phi) is 5.19. The van der Waals surface area contributed by atoms with Crippen molar-refractivity contribution in [2.75, 3.05) is 39.8 Å². The van der Waals surface area contributed by atoms with Gasteiger partial charge in [0.25, 0.3) is 5.91 Å². The standard InChI is InChI=1S/C15H19N3O3S/c1-3-8-16-22(20,21)14-6-4-13(5-7-14)15(19)18-11-9-17(2)10-12-18/h1,4-7,16H,8-12H2,2H3. The van der Waals surface area contributed by atoms with Crippen LogP contribution >= 0.6 is 0 Å². The van der Waals surface area contributed by atoms with Gasteiger partial charge in [0, 0.05) is 31.7 Å². The fraction of sp³-hybridized carbons (Fsp3) is 0.400. The number of carbonyl (C=O) groups is 1. The molecule has 0 aliphatic carbocycles. The number of sulfonamides is 1. The summed E-state index contributed by atoms with van der Waals surface area (Å²) in [6.07, 6.45) is 5.04. The fourth-order valence-corrected chi connectivity index (χ4v) is 3.12. The van der Waals surface area contributed by atoms with Crippen LogP contribution in [-0.2, 0) is 10.0 Å². The van der Waals surface area contributed by atoms with E-state index in [1.807, 2.05) is 7.05 Å². The second-order valence-corrected chi connectivity index (χ2v) is 6.92. The molecular weight excluding hydrogens is 302 g/mol. The lowest BCUT2D eigenvalue weighted by molar-refractivity contribution is 0.0664. The summed E-state index contributed by atoms with van der Waals surface area (Å²) in [4.78, 5) is 16.4. The summed E-state index contributed by atoms with van der Waals surface area (Å²) in [6.45, 7) is 2.98. The van der Waals surface area contributed by atoms with Crippen molar-refractivity contribution in [3.05, 3.63) is 29.8 Å². The lowest BCUT2D eigenvalue weighted by Gasteiger charge is -2.32. The van der Waals surface area contributed by atoms with Gasteiger partial charge in [0.1, 0.15) is 0 Å². The van der Waals surface area contributed by atoms with Crippen LogP contribution in [0.4, 0.5) is 0 Å². The van der Waals surface area contributed by atoms with Crippen LogP contribution in [0.25, 0.3) is 0 Å². The number of likely N-dealkylation sites (N-methyl/N-ethyl adjacent to an activating group) is 1. The second-order valence-electron chi connectivity index (χ2n) is 5.15. The van der Waals surface area contributed by atoms with E-state index in [0.717, 1.165) is 13.1 Å². The first-order valence-electron chi connectivity index (χ1n) is 6.95. The highest BCUT2D eigenvalue weighted by Crippen LogP contribution is 2.13. The Bertz CT molecular complexity index is 669. The molecule has 6 nitrogen and oxygen atoms in total. The Morgan fingerprint density at radius 1 is 1.23 bits per heavy atom. The van der Waals surface area contributed by atoms with Crippen molar-refractivity contribution in [2.24, 2.45) is 0 Å². The van der Waals surface area contributed by atoms with E-state index in [9.17, 15) is 13.2 Å². The SMILES string of the molecule is C#CCNS(=O)(=O)c1ccc(C(=O)N2CCN(C)CC2)cc1. The minimum atomic E-state index is -3.62. The normalized spacial score (nSPS) is 16.3. The third-order valence-electron chi connectivity index (χ3n) is 3.57. The van der Waals surface area contributed by atoms with Crippen molar-refractivity contribution >= 4 is 15.9 Å². The molecule has 1 saturated heterocycles. The van der Waals surface area contributed by atoms with Crippen molar-refractivity contribution < 1.29 is 13.2 Å². The molecular formula is C15H19N3O3S. The Morgan fingerprint density at radius 2 is 1.82 bits per heavy atom. The van der Waals surface area contributed by atoms with E-state index < -0.39 is 10.0 Å².